The number of aliphatic hydroxyl groups is 1. The van der Waals surface area contributed by atoms with Gasteiger partial charge < -0.3 is 15.7 Å². The molecule has 0 bridgehead atoms. The van der Waals surface area contributed by atoms with Crippen molar-refractivity contribution in [1.29, 1.82) is 0 Å². The van der Waals surface area contributed by atoms with Crippen molar-refractivity contribution < 1.29 is 5.11 Å². The van der Waals surface area contributed by atoms with Gasteiger partial charge in [0.15, 0.2) is 0 Å². The predicted octanol–water partition coefficient (Wildman–Crippen LogP) is 5.61. The molecule has 1 atom stereocenters. The number of benzene rings is 2. The Bertz CT molecular complexity index is 947. The van der Waals surface area contributed by atoms with Crippen molar-refractivity contribution in [2.75, 3.05) is 17.2 Å². The number of aliphatic hydroxyl groups excluding tert-OH is 1. The van der Waals surface area contributed by atoms with Crippen LogP contribution in [0.1, 0.15) is 40.2 Å². The third-order valence-electron chi connectivity index (χ3n) is 5.13. The van der Waals surface area contributed by atoms with Gasteiger partial charge in [0.05, 0.1) is 18.3 Å². The molecule has 1 aromatic heterocycles. The fourth-order valence-corrected chi connectivity index (χ4v) is 3.12. The van der Waals surface area contributed by atoms with E-state index in [9.17, 15) is 5.11 Å². The molecule has 0 aliphatic heterocycles. The monoisotopic (exact) mass is 404 g/mol. The van der Waals surface area contributed by atoms with Gasteiger partial charge in [0.2, 0.25) is 5.95 Å². The highest BCUT2D eigenvalue weighted by atomic mass is 16.3. The maximum atomic E-state index is 9.71. The summed E-state index contributed by atoms with van der Waals surface area (Å²) < 4.78 is 0. The van der Waals surface area contributed by atoms with Crippen LogP contribution < -0.4 is 10.6 Å². The first kappa shape index (κ1) is 21.8. The SMILES string of the molecule is CC(C)[C@H](CO)Nc1nc(Nc2ccc(C(C)(C)C)cc2)cc(-c2ccccc2)n1. The minimum Gasteiger partial charge on any atom is -0.394 e. The molecule has 0 aliphatic carbocycles. The van der Waals surface area contributed by atoms with Crippen molar-refractivity contribution in [3.8, 4) is 11.3 Å². The summed E-state index contributed by atoms with van der Waals surface area (Å²) in [5.41, 5.74) is 4.20. The topological polar surface area (TPSA) is 70.1 Å². The average Bonchev–Trinajstić information content (AvgIpc) is 2.72. The Kier molecular flexibility index (Phi) is 6.73. The quantitative estimate of drug-likeness (QED) is 0.477. The molecule has 3 aromatic rings. The molecule has 0 unspecified atom stereocenters. The molecule has 5 heteroatoms. The molecule has 0 spiro atoms. The summed E-state index contributed by atoms with van der Waals surface area (Å²) in [6, 6.07) is 20.3. The highest BCUT2D eigenvalue weighted by Gasteiger charge is 2.16. The highest BCUT2D eigenvalue weighted by molar-refractivity contribution is 5.67. The second kappa shape index (κ2) is 9.26. The summed E-state index contributed by atoms with van der Waals surface area (Å²) in [6.45, 7) is 10.8. The molecule has 158 valence electrons. The van der Waals surface area contributed by atoms with Crippen molar-refractivity contribution in [1.82, 2.24) is 9.97 Å². The second-order valence-corrected chi connectivity index (χ2v) is 8.96. The zero-order valence-electron chi connectivity index (χ0n) is 18.5. The zero-order valence-corrected chi connectivity index (χ0v) is 18.5. The van der Waals surface area contributed by atoms with Crippen molar-refractivity contribution in [3.05, 3.63) is 66.2 Å². The number of hydrogen-bond donors (Lipinski definition) is 3. The Morgan fingerprint density at radius 2 is 1.60 bits per heavy atom. The van der Waals surface area contributed by atoms with Crippen LogP contribution in [0.3, 0.4) is 0 Å². The summed E-state index contributed by atoms with van der Waals surface area (Å²) in [5, 5.41) is 16.4. The second-order valence-electron chi connectivity index (χ2n) is 8.96. The van der Waals surface area contributed by atoms with Crippen LogP contribution >= 0.6 is 0 Å². The summed E-state index contributed by atoms with van der Waals surface area (Å²) in [5.74, 6) is 1.45. The van der Waals surface area contributed by atoms with Crippen LogP contribution in [0.25, 0.3) is 11.3 Å². The molecule has 5 nitrogen and oxygen atoms in total. The van der Waals surface area contributed by atoms with Crippen LogP contribution in [-0.2, 0) is 5.41 Å². The molecule has 0 fully saturated rings. The Morgan fingerprint density at radius 1 is 0.933 bits per heavy atom. The van der Waals surface area contributed by atoms with Crippen molar-refractivity contribution >= 4 is 17.5 Å². The summed E-state index contributed by atoms with van der Waals surface area (Å²) >= 11 is 0. The Morgan fingerprint density at radius 3 is 2.17 bits per heavy atom. The van der Waals surface area contributed by atoms with E-state index < -0.39 is 0 Å². The minimum absolute atomic E-state index is 0.0214. The van der Waals surface area contributed by atoms with Gasteiger partial charge in [0.25, 0.3) is 0 Å². The maximum Gasteiger partial charge on any atom is 0.225 e. The van der Waals surface area contributed by atoms with E-state index in [0.29, 0.717) is 11.8 Å². The summed E-state index contributed by atoms with van der Waals surface area (Å²) in [7, 11) is 0. The first-order chi connectivity index (χ1) is 14.3. The number of rotatable bonds is 7. The van der Waals surface area contributed by atoms with Crippen LogP contribution in [-0.4, -0.2) is 27.7 Å². The zero-order chi connectivity index (χ0) is 21.7. The molecule has 0 saturated carbocycles. The lowest BCUT2D eigenvalue weighted by Crippen LogP contribution is -2.30. The minimum atomic E-state index is -0.116. The number of anilines is 3. The Labute approximate surface area is 179 Å². The third kappa shape index (κ3) is 5.57. The third-order valence-corrected chi connectivity index (χ3v) is 5.13. The lowest BCUT2D eigenvalue weighted by molar-refractivity contribution is 0.248. The molecule has 3 rings (SSSR count). The van der Waals surface area contributed by atoms with Crippen molar-refractivity contribution in [3.63, 3.8) is 0 Å². The number of nitrogens with zero attached hydrogens (tertiary/aromatic N) is 2. The van der Waals surface area contributed by atoms with E-state index in [0.717, 1.165) is 16.9 Å². The van der Waals surface area contributed by atoms with Gasteiger partial charge in [-0.05, 0) is 29.0 Å². The van der Waals surface area contributed by atoms with Crippen LogP contribution in [0.15, 0.2) is 60.7 Å². The van der Waals surface area contributed by atoms with Gasteiger partial charge in [-0.1, -0.05) is 77.1 Å². The van der Waals surface area contributed by atoms with Gasteiger partial charge in [0.1, 0.15) is 5.82 Å². The average molecular weight is 405 g/mol. The fraction of sp³-hybridized carbons (Fsp3) is 0.360. The predicted molar refractivity (Wildman–Crippen MR) is 125 cm³/mol. The largest absolute Gasteiger partial charge is 0.394 e. The van der Waals surface area contributed by atoms with E-state index in [1.807, 2.05) is 36.4 Å². The lowest BCUT2D eigenvalue weighted by atomic mass is 9.87. The van der Waals surface area contributed by atoms with Crippen LogP contribution in [0.5, 0.6) is 0 Å². The molecular weight excluding hydrogens is 372 g/mol. The van der Waals surface area contributed by atoms with Gasteiger partial charge >= 0.3 is 0 Å². The first-order valence-electron chi connectivity index (χ1n) is 10.5. The number of hydrogen-bond acceptors (Lipinski definition) is 5. The van der Waals surface area contributed by atoms with Gasteiger partial charge in [-0.3, -0.25) is 0 Å². The van der Waals surface area contributed by atoms with Crippen LogP contribution in [0.4, 0.5) is 17.5 Å². The highest BCUT2D eigenvalue weighted by Crippen LogP contribution is 2.27. The maximum absolute atomic E-state index is 9.71. The smallest absolute Gasteiger partial charge is 0.225 e. The van der Waals surface area contributed by atoms with E-state index in [1.54, 1.807) is 0 Å². The van der Waals surface area contributed by atoms with Crippen LogP contribution in [0, 0.1) is 5.92 Å². The van der Waals surface area contributed by atoms with Crippen molar-refractivity contribution in [2.24, 2.45) is 5.92 Å². The fourth-order valence-electron chi connectivity index (χ4n) is 3.12. The van der Waals surface area contributed by atoms with E-state index >= 15 is 0 Å². The van der Waals surface area contributed by atoms with E-state index in [2.05, 4.69) is 79.5 Å². The number of nitrogens with one attached hydrogen (secondary N) is 2. The Hall–Kier alpha value is -2.92. The molecule has 3 N–H and O–H groups in total. The number of aromatic nitrogens is 2. The van der Waals surface area contributed by atoms with Gasteiger partial charge in [-0.2, -0.15) is 4.98 Å². The summed E-state index contributed by atoms with van der Waals surface area (Å²) in [4.78, 5) is 9.34. The van der Waals surface area contributed by atoms with Crippen LogP contribution in [0.2, 0.25) is 0 Å². The standard InChI is InChI=1S/C25H32N4O/c1-17(2)22(16-30)28-24-27-21(18-9-7-6-8-10-18)15-23(29-24)26-20-13-11-19(12-14-20)25(3,4)5/h6-15,17,22,30H,16H2,1-5H3,(H2,26,27,28,29)/t22-/m0/s1. The summed E-state index contributed by atoms with van der Waals surface area (Å²) in [6.07, 6.45) is 0. The van der Waals surface area contributed by atoms with E-state index in [1.165, 1.54) is 5.56 Å². The van der Waals surface area contributed by atoms with Gasteiger partial charge in [0, 0.05) is 17.3 Å². The molecule has 1 heterocycles. The molecule has 0 saturated heterocycles. The normalized spacial score (nSPS) is 12.6. The van der Waals surface area contributed by atoms with E-state index in [-0.39, 0.29) is 24.0 Å². The molecule has 0 amide bonds. The van der Waals surface area contributed by atoms with Gasteiger partial charge in [-0.15, -0.1) is 0 Å². The lowest BCUT2D eigenvalue weighted by Gasteiger charge is -2.21. The Balaban J connectivity index is 1.93. The van der Waals surface area contributed by atoms with Gasteiger partial charge in [-0.25, -0.2) is 4.98 Å². The molecule has 0 aliphatic rings. The molecule has 30 heavy (non-hydrogen) atoms. The van der Waals surface area contributed by atoms with Crippen molar-refractivity contribution in [2.45, 2.75) is 46.1 Å². The molecule has 0 radical (unpaired) electrons. The molecule has 2 aromatic carbocycles. The first-order valence-corrected chi connectivity index (χ1v) is 10.5. The van der Waals surface area contributed by atoms with E-state index in [4.69, 9.17) is 0 Å². The molecular formula is C25H32N4O.